The molecule has 0 radical (unpaired) electrons. The quantitative estimate of drug-likeness (QED) is 0.844. The molecule has 0 saturated carbocycles. The number of benzene rings is 1. The number of pyridine rings is 1. The summed E-state index contributed by atoms with van der Waals surface area (Å²) in [6.07, 6.45) is 3.95. The molecule has 1 heterocycles. The largest absolute Gasteiger partial charge is 0.378 e. The topological polar surface area (TPSA) is 48.5 Å². The number of unbranched alkanes of at least 4 members (excludes halogenated alkanes) is 1. The molecule has 2 rings (SSSR count). The highest BCUT2D eigenvalue weighted by Gasteiger charge is 2.10. The number of hydrogen-bond donors (Lipinski definition) is 1. The van der Waals surface area contributed by atoms with Crippen LogP contribution in [0.15, 0.2) is 42.6 Å². The Morgan fingerprint density at radius 1 is 1.08 bits per heavy atom. The van der Waals surface area contributed by atoms with Crippen molar-refractivity contribution in [2.45, 2.75) is 19.8 Å². The predicted molar refractivity (Wildman–Crippen MR) is 101 cm³/mol. The van der Waals surface area contributed by atoms with E-state index in [-0.39, 0.29) is 5.91 Å². The van der Waals surface area contributed by atoms with Gasteiger partial charge in [0.2, 0.25) is 0 Å². The Kier molecular flexibility index (Phi) is 6.18. The maximum atomic E-state index is 12.4. The predicted octanol–water partition coefficient (Wildman–Crippen LogP) is 3.64. The molecule has 128 valence electrons. The number of amides is 1. The highest BCUT2D eigenvalue weighted by atomic mass is 16.1. The van der Waals surface area contributed by atoms with Crippen LogP contribution in [0.1, 0.15) is 30.3 Å². The summed E-state index contributed by atoms with van der Waals surface area (Å²) in [4.78, 5) is 20.8. The average Bonchev–Trinajstić information content (AvgIpc) is 2.60. The third kappa shape index (κ3) is 4.72. The molecule has 5 nitrogen and oxygen atoms in total. The Bertz CT molecular complexity index is 667. The molecule has 0 atom stereocenters. The third-order valence-corrected chi connectivity index (χ3v) is 3.91. The van der Waals surface area contributed by atoms with Crippen molar-refractivity contribution in [1.82, 2.24) is 4.98 Å². The van der Waals surface area contributed by atoms with Crippen LogP contribution < -0.4 is 15.1 Å². The van der Waals surface area contributed by atoms with Gasteiger partial charge in [0.05, 0.1) is 0 Å². The van der Waals surface area contributed by atoms with E-state index in [1.807, 2.05) is 62.4 Å². The van der Waals surface area contributed by atoms with Crippen molar-refractivity contribution in [2.24, 2.45) is 0 Å². The van der Waals surface area contributed by atoms with Crippen LogP contribution in [0.2, 0.25) is 0 Å². The van der Waals surface area contributed by atoms with Crippen LogP contribution in [-0.4, -0.2) is 38.6 Å². The first kappa shape index (κ1) is 17.8. The smallest absolute Gasteiger partial charge is 0.274 e. The molecular weight excluding hydrogens is 300 g/mol. The van der Waals surface area contributed by atoms with E-state index in [9.17, 15) is 4.79 Å². The van der Waals surface area contributed by atoms with Crippen molar-refractivity contribution in [2.75, 3.05) is 42.8 Å². The summed E-state index contributed by atoms with van der Waals surface area (Å²) < 4.78 is 0. The molecule has 0 aliphatic rings. The van der Waals surface area contributed by atoms with Gasteiger partial charge in [-0.2, -0.15) is 0 Å². The van der Waals surface area contributed by atoms with Gasteiger partial charge >= 0.3 is 0 Å². The average molecular weight is 326 g/mol. The number of hydrogen-bond acceptors (Lipinski definition) is 4. The number of rotatable bonds is 7. The van der Waals surface area contributed by atoms with Crippen molar-refractivity contribution in [3.63, 3.8) is 0 Å². The number of carbonyl (C=O) groups is 1. The lowest BCUT2D eigenvalue weighted by molar-refractivity contribution is 0.102. The minimum absolute atomic E-state index is 0.196. The van der Waals surface area contributed by atoms with E-state index in [0.717, 1.165) is 36.4 Å². The minimum atomic E-state index is -0.196. The molecule has 24 heavy (non-hydrogen) atoms. The lowest BCUT2D eigenvalue weighted by Crippen LogP contribution is -2.20. The number of carbonyl (C=O) groups excluding carboxylic acids is 1. The van der Waals surface area contributed by atoms with E-state index in [1.54, 1.807) is 6.20 Å². The summed E-state index contributed by atoms with van der Waals surface area (Å²) in [5.74, 6) is -0.196. The second-order valence-electron chi connectivity index (χ2n) is 6.07. The van der Waals surface area contributed by atoms with Gasteiger partial charge in [0, 0.05) is 50.9 Å². The van der Waals surface area contributed by atoms with Crippen LogP contribution in [0.4, 0.5) is 17.1 Å². The molecule has 2 aromatic rings. The molecule has 0 spiro atoms. The molecular formula is C19H26N4O. The third-order valence-electron chi connectivity index (χ3n) is 3.91. The zero-order chi connectivity index (χ0) is 17.5. The molecule has 1 aromatic heterocycles. The fourth-order valence-electron chi connectivity index (χ4n) is 2.34. The first-order valence-corrected chi connectivity index (χ1v) is 8.27. The number of anilines is 3. The van der Waals surface area contributed by atoms with Gasteiger partial charge in [-0.1, -0.05) is 13.3 Å². The Hall–Kier alpha value is -2.56. The molecule has 5 heteroatoms. The molecule has 1 amide bonds. The molecule has 0 saturated heterocycles. The Morgan fingerprint density at radius 3 is 2.42 bits per heavy atom. The van der Waals surface area contributed by atoms with Crippen molar-refractivity contribution in [3.8, 4) is 0 Å². The summed E-state index contributed by atoms with van der Waals surface area (Å²) in [7, 11) is 6.00. The van der Waals surface area contributed by atoms with Gasteiger partial charge in [-0.25, -0.2) is 0 Å². The summed E-state index contributed by atoms with van der Waals surface area (Å²) in [5, 5.41) is 2.90. The van der Waals surface area contributed by atoms with Crippen LogP contribution in [0.3, 0.4) is 0 Å². The van der Waals surface area contributed by atoms with E-state index in [4.69, 9.17) is 0 Å². The molecule has 0 aliphatic heterocycles. The van der Waals surface area contributed by atoms with Gasteiger partial charge in [0.25, 0.3) is 5.91 Å². The summed E-state index contributed by atoms with van der Waals surface area (Å²) >= 11 is 0. The van der Waals surface area contributed by atoms with Crippen LogP contribution in [0.5, 0.6) is 0 Å². The van der Waals surface area contributed by atoms with E-state index >= 15 is 0 Å². The first-order chi connectivity index (χ1) is 11.5. The van der Waals surface area contributed by atoms with E-state index in [2.05, 4.69) is 22.1 Å². The van der Waals surface area contributed by atoms with Gasteiger partial charge in [-0.3, -0.25) is 9.78 Å². The Morgan fingerprint density at radius 2 is 1.79 bits per heavy atom. The van der Waals surface area contributed by atoms with Gasteiger partial charge in [0.1, 0.15) is 5.69 Å². The van der Waals surface area contributed by atoms with Crippen LogP contribution >= 0.6 is 0 Å². The number of aromatic nitrogens is 1. The maximum absolute atomic E-state index is 12.4. The second kappa shape index (κ2) is 8.34. The van der Waals surface area contributed by atoms with Gasteiger partial charge < -0.3 is 15.1 Å². The van der Waals surface area contributed by atoms with Gasteiger partial charge in [0.15, 0.2) is 0 Å². The molecule has 0 aliphatic carbocycles. The fraction of sp³-hybridized carbons (Fsp3) is 0.368. The molecule has 0 unspecified atom stereocenters. The minimum Gasteiger partial charge on any atom is -0.378 e. The highest BCUT2D eigenvalue weighted by molar-refractivity contribution is 6.03. The summed E-state index contributed by atoms with van der Waals surface area (Å²) in [6, 6.07) is 11.5. The summed E-state index contributed by atoms with van der Waals surface area (Å²) in [6.45, 7) is 3.13. The first-order valence-electron chi connectivity index (χ1n) is 8.27. The number of nitrogens with zero attached hydrogens (tertiary/aromatic N) is 3. The van der Waals surface area contributed by atoms with Gasteiger partial charge in [-0.05, 0) is 42.8 Å². The lowest BCUT2D eigenvalue weighted by atomic mass is 10.2. The maximum Gasteiger partial charge on any atom is 0.274 e. The second-order valence-corrected chi connectivity index (χ2v) is 6.07. The van der Waals surface area contributed by atoms with Crippen LogP contribution in [-0.2, 0) is 0 Å². The van der Waals surface area contributed by atoms with Crippen molar-refractivity contribution in [1.29, 1.82) is 0 Å². The van der Waals surface area contributed by atoms with Crippen LogP contribution in [0.25, 0.3) is 0 Å². The van der Waals surface area contributed by atoms with Crippen LogP contribution in [0, 0.1) is 0 Å². The van der Waals surface area contributed by atoms with E-state index < -0.39 is 0 Å². The van der Waals surface area contributed by atoms with Crippen molar-refractivity contribution >= 4 is 23.0 Å². The fourth-order valence-corrected chi connectivity index (χ4v) is 2.34. The molecule has 1 N–H and O–H groups in total. The highest BCUT2D eigenvalue weighted by Crippen LogP contribution is 2.18. The molecule has 0 fully saturated rings. The van der Waals surface area contributed by atoms with Gasteiger partial charge in [-0.15, -0.1) is 0 Å². The van der Waals surface area contributed by atoms with E-state index in [0.29, 0.717) is 5.69 Å². The SMILES string of the molecule is CCCCN(C)c1ccnc(C(=O)Nc2ccc(N(C)C)cc2)c1. The number of nitrogens with one attached hydrogen (secondary N) is 1. The zero-order valence-electron chi connectivity index (χ0n) is 14.9. The summed E-state index contributed by atoms with van der Waals surface area (Å²) in [5.41, 5.74) is 3.28. The zero-order valence-corrected chi connectivity index (χ0v) is 14.9. The Balaban J connectivity index is 2.06. The molecule has 0 bridgehead atoms. The Labute approximate surface area is 144 Å². The standard InChI is InChI=1S/C19H26N4O/c1-5-6-13-23(4)17-11-12-20-18(14-17)19(24)21-15-7-9-16(10-8-15)22(2)3/h7-12,14H,5-6,13H2,1-4H3,(H,21,24). The monoisotopic (exact) mass is 326 g/mol. The molecule has 1 aromatic carbocycles. The lowest BCUT2D eigenvalue weighted by Gasteiger charge is -2.19. The van der Waals surface area contributed by atoms with Crippen molar-refractivity contribution in [3.05, 3.63) is 48.3 Å². The van der Waals surface area contributed by atoms with Crippen molar-refractivity contribution < 1.29 is 4.79 Å². The van der Waals surface area contributed by atoms with E-state index in [1.165, 1.54) is 0 Å². The normalized spacial score (nSPS) is 10.3.